The third-order valence-electron chi connectivity index (χ3n) is 5.62. The average Bonchev–Trinajstić information content (AvgIpc) is 3.00. The molecule has 8 heteroatoms. The normalized spacial score (nSPS) is 24.4. The van der Waals surface area contributed by atoms with E-state index in [4.69, 9.17) is 0 Å². The molecule has 1 aliphatic carbocycles. The number of aliphatic hydroxyl groups is 2. The van der Waals surface area contributed by atoms with E-state index >= 15 is 0 Å². The van der Waals surface area contributed by atoms with Gasteiger partial charge in [0.05, 0.1) is 25.1 Å². The molecule has 0 bridgehead atoms. The molecule has 1 saturated carbocycles. The van der Waals surface area contributed by atoms with E-state index in [0.717, 1.165) is 12.0 Å². The number of unbranched alkanes of at least 4 members (excludes halogenated alkanes) is 1. The molecule has 4 atom stereocenters. The minimum Gasteiger partial charge on any atom is -0.469 e. The molecule has 1 aliphatic rings. The minimum absolute atomic E-state index is 0.0207. The van der Waals surface area contributed by atoms with Crippen LogP contribution in [0.2, 0.25) is 0 Å². The van der Waals surface area contributed by atoms with Crippen LogP contribution in [0.1, 0.15) is 37.7 Å². The lowest BCUT2D eigenvalue weighted by Crippen LogP contribution is -2.37. The molecule has 0 spiro atoms. The van der Waals surface area contributed by atoms with Gasteiger partial charge in [0, 0.05) is 18.9 Å². The zero-order chi connectivity index (χ0) is 22.0. The summed E-state index contributed by atoms with van der Waals surface area (Å²) >= 11 is 0. The van der Waals surface area contributed by atoms with Crippen LogP contribution in [0.3, 0.4) is 0 Å². The van der Waals surface area contributed by atoms with Crippen molar-refractivity contribution in [1.82, 2.24) is 4.72 Å². The van der Waals surface area contributed by atoms with E-state index in [1.54, 1.807) is 0 Å². The summed E-state index contributed by atoms with van der Waals surface area (Å²) in [4.78, 5) is 11.1. The number of carbonyl (C=O) groups excluding carboxylic acids is 1. The van der Waals surface area contributed by atoms with Gasteiger partial charge in [-0.05, 0) is 43.6 Å². The molecule has 168 valence electrons. The summed E-state index contributed by atoms with van der Waals surface area (Å²) in [6.45, 7) is 0.107. The SMILES string of the molecule is COC(=O)CCC/C=C\C[C@@H]1[C@@H](CNS(=O)(=O)CCc2ccccc2)[C@H](O)C[C@@H]1O. The highest BCUT2D eigenvalue weighted by Crippen LogP contribution is 2.35. The third-order valence-corrected chi connectivity index (χ3v) is 6.96. The molecule has 0 amide bonds. The Hall–Kier alpha value is -1.74. The molecule has 1 fully saturated rings. The van der Waals surface area contributed by atoms with Crippen molar-refractivity contribution in [3.63, 3.8) is 0 Å². The smallest absolute Gasteiger partial charge is 0.305 e. The van der Waals surface area contributed by atoms with Gasteiger partial charge in [0.1, 0.15) is 0 Å². The molecule has 1 aromatic rings. The maximum absolute atomic E-state index is 12.4. The molecular formula is C22H33NO6S. The fraction of sp³-hybridized carbons (Fsp3) is 0.591. The van der Waals surface area contributed by atoms with E-state index in [9.17, 15) is 23.4 Å². The molecule has 1 aromatic carbocycles. The summed E-state index contributed by atoms with van der Waals surface area (Å²) in [5.41, 5.74) is 0.953. The standard InChI is InChI=1S/C22H33NO6S/c1-29-22(26)12-8-3-2-7-11-18-19(21(25)15-20(18)24)16-23-30(27,28)14-13-17-9-5-4-6-10-17/h2,4-7,9-10,18-21,23-25H,3,8,11-16H2,1H3/b7-2-/t18-,19-,20+,21-/m1/s1. The number of allylic oxidation sites excluding steroid dienone is 2. The first-order chi connectivity index (χ1) is 14.3. The van der Waals surface area contributed by atoms with Gasteiger partial charge < -0.3 is 14.9 Å². The number of carbonyl (C=O) groups is 1. The molecule has 3 N–H and O–H groups in total. The quantitative estimate of drug-likeness (QED) is 0.260. The summed E-state index contributed by atoms with van der Waals surface area (Å²) in [6.07, 6.45) is 5.45. The first-order valence-corrected chi connectivity index (χ1v) is 12.1. The largest absolute Gasteiger partial charge is 0.469 e. The van der Waals surface area contributed by atoms with Crippen LogP contribution in [-0.2, 0) is 26.0 Å². The van der Waals surface area contributed by atoms with Gasteiger partial charge in [-0.3, -0.25) is 4.79 Å². The topological polar surface area (TPSA) is 113 Å². The van der Waals surface area contributed by atoms with Crippen molar-refractivity contribution < 1.29 is 28.2 Å². The van der Waals surface area contributed by atoms with Crippen LogP contribution in [0.5, 0.6) is 0 Å². The second-order valence-electron chi connectivity index (χ2n) is 7.78. The Kier molecular flexibility index (Phi) is 9.97. The second-order valence-corrected chi connectivity index (χ2v) is 9.70. The van der Waals surface area contributed by atoms with Gasteiger partial charge in [-0.2, -0.15) is 0 Å². The Morgan fingerprint density at radius 3 is 2.57 bits per heavy atom. The molecule has 0 unspecified atom stereocenters. The number of sulfonamides is 1. The zero-order valence-electron chi connectivity index (χ0n) is 17.4. The summed E-state index contributed by atoms with van der Waals surface area (Å²) in [7, 11) is -2.12. The van der Waals surface area contributed by atoms with Crippen molar-refractivity contribution in [2.24, 2.45) is 11.8 Å². The molecule has 2 rings (SSSR count). The highest BCUT2D eigenvalue weighted by molar-refractivity contribution is 7.89. The molecule has 30 heavy (non-hydrogen) atoms. The summed E-state index contributed by atoms with van der Waals surface area (Å²) in [5, 5.41) is 20.6. The van der Waals surface area contributed by atoms with Crippen LogP contribution in [0, 0.1) is 11.8 Å². The monoisotopic (exact) mass is 439 g/mol. The van der Waals surface area contributed by atoms with Crippen molar-refractivity contribution in [2.45, 2.75) is 50.7 Å². The van der Waals surface area contributed by atoms with Crippen molar-refractivity contribution >= 4 is 16.0 Å². The Bertz CT molecular complexity index is 780. The number of esters is 1. The van der Waals surface area contributed by atoms with E-state index in [-0.39, 0.29) is 36.5 Å². The van der Waals surface area contributed by atoms with Gasteiger partial charge in [-0.15, -0.1) is 0 Å². The van der Waals surface area contributed by atoms with Crippen LogP contribution in [0.15, 0.2) is 42.5 Å². The first kappa shape index (κ1) is 24.5. The van der Waals surface area contributed by atoms with Gasteiger partial charge >= 0.3 is 5.97 Å². The molecule has 0 radical (unpaired) electrons. The van der Waals surface area contributed by atoms with Gasteiger partial charge in [0.15, 0.2) is 0 Å². The lowest BCUT2D eigenvalue weighted by Gasteiger charge is -2.22. The first-order valence-electron chi connectivity index (χ1n) is 10.4. The van der Waals surface area contributed by atoms with Crippen LogP contribution in [0.25, 0.3) is 0 Å². The van der Waals surface area contributed by atoms with Crippen molar-refractivity contribution in [3.05, 3.63) is 48.0 Å². The maximum atomic E-state index is 12.4. The number of ether oxygens (including phenoxy) is 1. The van der Waals surface area contributed by atoms with Gasteiger partial charge in [-0.1, -0.05) is 42.5 Å². The fourth-order valence-electron chi connectivity index (χ4n) is 3.82. The Morgan fingerprint density at radius 2 is 1.87 bits per heavy atom. The van der Waals surface area contributed by atoms with Crippen molar-refractivity contribution in [2.75, 3.05) is 19.4 Å². The number of hydrogen-bond acceptors (Lipinski definition) is 6. The lowest BCUT2D eigenvalue weighted by atomic mass is 9.90. The number of methoxy groups -OCH3 is 1. The molecular weight excluding hydrogens is 406 g/mol. The highest BCUT2D eigenvalue weighted by atomic mass is 32.2. The van der Waals surface area contributed by atoms with E-state index in [1.807, 2.05) is 42.5 Å². The summed E-state index contributed by atoms with van der Waals surface area (Å²) < 4.78 is 31.9. The highest BCUT2D eigenvalue weighted by Gasteiger charge is 2.41. The van der Waals surface area contributed by atoms with Crippen LogP contribution in [0.4, 0.5) is 0 Å². The molecule has 0 heterocycles. The zero-order valence-corrected chi connectivity index (χ0v) is 18.3. The number of rotatable bonds is 12. The number of nitrogens with one attached hydrogen (secondary N) is 1. The van der Waals surface area contributed by atoms with E-state index in [0.29, 0.717) is 25.7 Å². The van der Waals surface area contributed by atoms with E-state index in [1.165, 1.54) is 7.11 Å². The number of aryl methyl sites for hydroxylation is 1. The van der Waals surface area contributed by atoms with Crippen LogP contribution >= 0.6 is 0 Å². The maximum Gasteiger partial charge on any atom is 0.305 e. The second kappa shape index (κ2) is 12.2. The lowest BCUT2D eigenvalue weighted by molar-refractivity contribution is -0.140. The predicted octanol–water partition coefficient (Wildman–Crippen LogP) is 1.80. The fourth-order valence-corrected chi connectivity index (χ4v) is 4.91. The predicted molar refractivity (Wildman–Crippen MR) is 115 cm³/mol. The third kappa shape index (κ3) is 8.18. The molecule has 0 saturated heterocycles. The number of aliphatic hydroxyl groups excluding tert-OH is 2. The minimum atomic E-state index is -3.48. The summed E-state index contributed by atoms with van der Waals surface area (Å²) in [6, 6.07) is 9.41. The molecule has 0 aliphatic heterocycles. The summed E-state index contributed by atoms with van der Waals surface area (Å²) in [5.74, 6) is -0.815. The van der Waals surface area contributed by atoms with Crippen LogP contribution in [-0.4, -0.2) is 56.2 Å². The van der Waals surface area contributed by atoms with Gasteiger partial charge in [0.2, 0.25) is 10.0 Å². The van der Waals surface area contributed by atoms with E-state index < -0.39 is 22.2 Å². The van der Waals surface area contributed by atoms with Gasteiger partial charge in [-0.25, -0.2) is 13.1 Å². The van der Waals surface area contributed by atoms with Crippen molar-refractivity contribution in [3.8, 4) is 0 Å². The van der Waals surface area contributed by atoms with Gasteiger partial charge in [0.25, 0.3) is 0 Å². The molecule has 0 aromatic heterocycles. The number of hydrogen-bond donors (Lipinski definition) is 3. The molecule has 7 nitrogen and oxygen atoms in total. The van der Waals surface area contributed by atoms with E-state index in [2.05, 4.69) is 9.46 Å². The van der Waals surface area contributed by atoms with Crippen LogP contribution < -0.4 is 4.72 Å². The number of benzene rings is 1. The Labute approximate surface area is 179 Å². The Balaban J connectivity index is 1.81. The Morgan fingerprint density at radius 1 is 1.17 bits per heavy atom. The average molecular weight is 440 g/mol. The van der Waals surface area contributed by atoms with Crippen molar-refractivity contribution in [1.29, 1.82) is 0 Å².